The van der Waals surface area contributed by atoms with Crippen LogP contribution in [0.2, 0.25) is 0 Å². The van der Waals surface area contributed by atoms with Gasteiger partial charge >= 0.3 is 0 Å². The van der Waals surface area contributed by atoms with Gasteiger partial charge < -0.3 is 19.6 Å². The molecule has 2 aliphatic rings. The molecule has 0 spiro atoms. The number of allylic oxidation sites excluding steroid dienone is 1. The third-order valence-corrected chi connectivity index (χ3v) is 8.03. The number of carbonyl (C=O) groups is 1. The van der Waals surface area contributed by atoms with Gasteiger partial charge in [0, 0.05) is 56.2 Å². The van der Waals surface area contributed by atoms with Crippen LogP contribution in [0.25, 0.3) is 6.08 Å². The Hall–Kier alpha value is -2.76. The zero-order valence-corrected chi connectivity index (χ0v) is 19.0. The van der Waals surface area contributed by atoms with Crippen molar-refractivity contribution in [1.29, 1.82) is 0 Å². The number of aryl methyl sites for hydroxylation is 1. The number of aliphatic hydroxyl groups excluding tert-OH is 1. The van der Waals surface area contributed by atoms with Crippen LogP contribution in [-0.2, 0) is 28.4 Å². The Morgan fingerprint density at radius 2 is 2.12 bits per heavy atom. The summed E-state index contributed by atoms with van der Waals surface area (Å²) in [6.07, 6.45) is 6.25. The quantitative estimate of drug-likeness (QED) is 0.629. The van der Waals surface area contributed by atoms with Crippen molar-refractivity contribution in [2.24, 2.45) is 18.9 Å². The number of rotatable bonds is 6. The smallest absolute Gasteiger partial charge is 0.263 e. The van der Waals surface area contributed by atoms with Crippen molar-refractivity contribution in [2.75, 3.05) is 13.2 Å². The number of hydrogen-bond acceptors (Lipinski definition) is 6. The molecule has 0 aliphatic carbocycles. The van der Waals surface area contributed by atoms with Crippen molar-refractivity contribution in [1.82, 2.24) is 23.7 Å². The third kappa shape index (κ3) is 3.31. The lowest BCUT2D eigenvalue weighted by Crippen LogP contribution is -2.49. The fourth-order valence-electron chi connectivity index (χ4n) is 4.93. The maximum Gasteiger partial charge on any atom is 0.263 e. The van der Waals surface area contributed by atoms with Crippen LogP contribution >= 0.6 is 0 Å². The first-order valence-electron chi connectivity index (χ1n) is 10.5. The van der Waals surface area contributed by atoms with Crippen molar-refractivity contribution in [2.45, 2.75) is 37.5 Å². The summed E-state index contributed by atoms with van der Waals surface area (Å²) < 4.78 is 31.7. The van der Waals surface area contributed by atoms with E-state index in [-0.39, 0.29) is 29.6 Å². The zero-order valence-electron chi connectivity index (χ0n) is 18.2. The third-order valence-electron chi connectivity index (χ3n) is 6.24. The molecule has 4 atom stereocenters. The minimum absolute atomic E-state index is 0.0449. The summed E-state index contributed by atoms with van der Waals surface area (Å²) in [5, 5.41) is 12.9. The Balaban J connectivity index is 1.94. The number of fused-ring (bicyclic) bond motifs is 4. The summed E-state index contributed by atoms with van der Waals surface area (Å²) in [4.78, 5) is 30.2. The molecule has 0 unspecified atom stereocenters. The molecular formula is C21H27N5O5S. The normalized spacial score (nSPS) is 25.2. The Morgan fingerprint density at radius 1 is 1.38 bits per heavy atom. The molecule has 11 heteroatoms. The number of nitrogens with one attached hydrogen (secondary N) is 1. The van der Waals surface area contributed by atoms with E-state index in [0.29, 0.717) is 17.8 Å². The van der Waals surface area contributed by atoms with Gasteiger partial charge in [-0.2, -0.15) is 4.31 Å². The molecule has 10 nitrogen and oxygen atoms in total. The number of imidazole rings is 1. The SMILES string of the molecule is C/C=C/c1ccc2n(c1=O)C[C@H]1[C@H](CO)[C@@H](C(=O)NCC)[C@@H]2N1S(=O)(=O)c1cn(C)cn1. The predicted octanol–water partition coefficient (Wildman–Crippen LogP) is 0.104. The number of pyridine rings is 1. The largest absolute Gasteiger partial charge is 0.396 e. The van der Waals surface area contributed by atoms with Crippen molar-refractivity contribution < 1.29 is 18.3 Å². The molecule has 1 saturated heterocycles. The summed E-state index contributed by atoms with van der Waals surface area (Å²) >= 11 is 0. The monoisotopic (exact) mass is 461 g/mol. The molecule has 172 valence electrons. The molecule has 2 aliphatic heterocycles. The van der Waals surface area contributed by atoms with E-state index in [1.807, 2.05) is 0 Å². The Labute approximate surface area is 186 Å². The fraction of sp³-hybridized carbons (Fsp3) is 0.476. The standard InChI is InChI=1S/C21H27N5O5S/c1-4-6-13-7-8-15-19-18(20(28)22-5-2)14(11-27)16(9-25(15)21(13)29)26(19)32(30,31)17-10-24(3)12-23-17/h4,6-8,10,12,14,16,18-19,27H,5,9,11H2,1-3H3,(H,22,28)/b6-4+/t14-,16-,18+,19+/m0/s1. The number of aromatic nitrogens is 3. The number of nitrogens with zero attached hydrogens (tertiary/aromatic N) is 4. The van der Waals surface area contributed by atoms with Crippen molar-refractivity contribution >= 4 is 22.0 Å². The van der Waals surface area contributed by atoms with Gasteiger partial charge in [-0.25, -0.2) is 13.4 Å². The highest BCUT2D eigenvalue weighted by atomic mass is 32.2. The Kier molecular flexibility index (Phi) is 5.82. The summed E-state index contributed by atoms with van der Waals surface area (Å²) in [6.45, 7) is 3.61. The average Bonchev–Trinajstić information content (AvgIpc) is 3.30. The summed E-state index contributed by atoms with van der Waals surface area (Å²) in [5.41, 5.74) is 0.664. The molecule has 2 aromatic rings. The van der Waals surface area contributed by atoms with Crippen LogP contribution in [0.5, 0.6) is 0 Å². The minimum atomic E-state index is -4.10. The van der Waals surface area contributed by atoms with Gasteiger partial charge in [-0.1, -0.05) is 12.2 Å². The van der Waals surface area contributed by atoms with E-state index in [4.69, 9.17) is 0 Å². The van der Waals surface area contributed by atoms with Gasteiger partial charge in [0.05, 0.1) is 18.3 Å². The average molecular weight is 462 g/mol. The van der Waals surface area contributed by atoms with Gasteiger partial charge in [0.1, 0.15) is 0 Å². The van der Waals surface area contributed by atoms with Crippen LogP contribution in [0.3, 0.4) is 0 Å². The van der Waals surface area contributed by atoms with Crippen LogP contribution in [-0.4, -0.2) is 57.0 Å². The van der Waals surface area contributed by atoms with E-state index in [1.165, 1.54) is 26.0 Å². The van der Waals surface area contributed by atoms with Gasteiger partial charge in [-0.15, -0.1) is 0 Å². The number of aliphatic hydroxyl groups is 1. The first kappa shape index (κ1) is 22.4. The summed E-state index contributed by atoms with van der Waals surface area (Å²) in [5.74, 6) is -1.86. The molecule has 0 radical (unpaired) electrons. The maximum atomic E-state index is 13.7. The highest BCUT2D eigenvalue weighted by Crippen LogP contribution is 2.50. The van der Waals surface area contributed by atoms with E-state index in [1.54, 1.807) is 45.2 Å². The number of amides is 1. The Bertz CT molecular complexity index is 1230. The molecule has 0 saturated carbocycles. The van der Waals surface area contributed by atoms with Gasteiger partial charge in [-0.05, 0) is 26.0 Å². The van der Waals surface area contributed by atoms with Crippen LogP contribution in [0, 0.1) is 11.8 Å². The molecule has 4 rings (SSSR count). The van der Waals surface area contributed by atoms with Crippen LogP contribution < -0.4 is 10.9 Å². The molecule has 2 N–H and O–H groups in total. The predicted molar refractivity (Wildman–Crippen MR) is 117 cm³/mol. The van der Waals surface area contributed by atoms with E-state index in [2.05, 4.69) is 10.3 Å². The molecule has 2 bridgehead atoms. The molecule has 2 aromatic heterocycles. The van der Waals surface area contributed by atoms with Crippen molar-refractivity contribution in [3.63, 3.8) is 0 Å². The second-order valence-electron chi connectivity index (χ2n) is 8.12. The summed E-state index contributed by atoms with van der Waals surface area (Å²) in [6, 6.07) is 1.64. The number of sulfonamides is 1. The van der Waals surface area contributed by atoms with E-state index in [0.717, 1.165) is 0 Å². The van der Waals surface area contributed by atoms with Gasteiger partial charge in [0.25, 0.3) is 15.6 Å². The molecule has 0 aromatic carbocycles. The van der Waals surface area contributed by atoms with Crippen LogP contribution in [0.15, 0.2) is 40.6 Å². The molecule has 1 fully saturated rings. The second-order valence-corrected chi connectivity index (χ2v) is 9.91. The highest BCUT2D eigenvalue weighted by Gasteiger charge is 2.60. The topological polar surface area (TPSA) is 127 Å². The molecular weight excluding hydrogens is 434 g/mol. The number of carbonyl (C=O) groups excluding carboxylic acids is 1. The lowest BCUT2D eigenvalue weighted by molar-refractivity contribution is -0.127. The molecule has 32 heavy (non-hydrogen) atoms. The Morgan fingerprint density at radius 3 is 2.72 bits per heavy atom. The fourth-order valence-corrected chi connectivity index (χ4v) is 6.74. The molecule has 1 amide bonds. The van der Waals surface area contributed by atoms with Crippen molar-refractivity contribution in [3.05, 3.63) is 52.3 Å². The van der Waals surface area contributed by atoms with E-state index < -0.39 is 33.9 Å². The van der Waals surface area contributed by atoms with Gasteiger partial charge in [0.2, 0.25) is 5.91 Å². The molecule has 4 heterocycles. The zero-order chi connectivity index (χ0) is 23.2. The maximum absolute atomic E-state index is 13.7. The van der Waals surface area contributed by atoms with E-state index in [9.17, 15) is 23.1 Å². The van der Waals surface area contributed by atoms with Gasteiger partial charge in [-0.3, -0.25) is 9.59 Å². The van der Waals surface area contributed by atoms with Gasteiger partial charge in [0.15, 0.2) is 5.03 Å². The lowest BCUT2D eigenvalue weighted by atomic mass is 9.86. The van der Waals surface area contributed by atoms with Crippen LogP contribution in [0.1, 0.15) is 31.1 Å². The van der Waals surface area contributed by atoms with Crippen molar-refractivity contribution in [3.8, 4) is 0 Å². The lowest BCUT2D eigenvalue weighted by Gasteiger charge is -2.36. The minimum Gasteiger partial charge on any atom is -0.396 e. The van der Waals surface area contributed by atoms with Crippen LogP contribution in [0.4, 0.5) is 0 Å². The van der Waals surface area contributed by atoms with E-state index >= 15 is 0 Å². The number of hydrogen-bond donors (Lipinski definition) is 2. The first-order chi connectivity index (χ1) is 15.3. The first-order valence-corrected chi connectivity index (χ1v) is 12.0. The second kappa shape index (κ2) is 8.30. The highest BCUT2D eigenvalue weighted by molar-refractivity contribution is 7.89. The summed E-state index contributed by atoms with van der Waals surface area (Å²) in [7, 11) is -2.43.